The Kier molecular flexibility index (Phi) is 4.62. The van der Waals surface area contributed by atoms with E-state index in [0.29, 0.717) is 18.1 Å². The van der Waals surface area contributed by atoms with Crippen LogP contribution < -0.4 is 10.6 Å². The van der Waals surface area contributed by atoms with Gasteiger partial charge in [-0.3, -0.25) is 10.2 Å². The first-order valence-corrected chi connectivity index (χ1v) is 7.91. The van der Waals surface area contributed by atoms with E-state index in [-0.39, 0.29) is 12.1 Å². The SMILES string of the molecule is Cc1cc(NC(=O)NCC(C)N2CCc3ccccc3C2)no1. The van der Waals surface area contributed by atoms with Crippen LogP contribution in [0.2, 0.25) is 0 Å². The molecule has 0 bridgehead atoms. The molecule has 2 heterocycles. The van der Waals surface area contributed by atoms with Crippen LogP contribution in [0.4, 0.5) is 10.6 Å². The number of carbonyl (C=O) groups excluding carboxylic acids is 1. The molecule has 122 valence electrons. The Morgan fingerprint density at radius 2 is 2.17 bits per heavy atom. The summed E-state index contributed by atoms with van der Waals surface area (Å²) < 4.78 is 4.92. The van der Waals surface area contributed by atoms with Gasteiger partial charge in [0.25, 0.3) is 0 Å². The Morgan fingerprint density at radius 3 is 2.91 bits per heavy atom. The minimum atomic E-state index is -0.262. The lowest BCUT2D eigenvalue weighted by Crippen LogP contribution is -2.45. The molecule has 1 aromatic carbocycles. The van der Waals surface area contributed by atoms with Crippen molar-refractivity contribution in [3.63, 3.8) is 0 Å². The summed E-state index contributed by atoms with van der Waals surface area (Å²) in [5, 5.41) is 9.29. The number of rotatable bonds is 4. The molecule has 0 saturated carbocycles. The molecule has 1 atom stereocenters. The predicted molar refractivity (Wildman–Crippen MR) is 88.3 cm³/mol. The van der Waals surface area contributed by atoms with Crippen molar-refractivity contribution in [2.24, 2.45) is 0 Å². The van der Waals surface area contributed by atoms with Crippen LogP contribution in [0.3, 0.4) is 0 Å². The molecular weight excluding hydrogens is 292 g/mol. The van der Waals surface area contributed by atoms with E-state index in [1.54, 1.807) is 13.0 Å². The minimum absolute atomic E-state index is 0.262. The van der Waals surface area contributed by atoms with Crippen LogP contribution in [-0.2, 0) is 13.0 Å². The van der Waals surface area contributed by atoms with Gasteiger partial charge in [0.2, 0.25) is 0 Å². The summed E-state index contributed by atoms with van der Waals surface area (Å²) >= 11 is 0. The van der Waals surface area contributed by atoms with Crippen LogP contribution in [0.1, 0.15) is 23.8 Å². The standard InChI is InChI=1S/C17H22N4O2/c1-12(10-18-17(22)19-16-9-13(2)23-20-16)21-8-7-14-5-3-4-6-15(14)11-21/h3-6,9,12H,7-8,10-11H2,1-2H3,(H2,18,19,20,22). The quantitative estimate of drug-likeness (QED) is 0.910. The Bertz CT molecular complexity index is 683. The number of urea groups is 1. The summed E-state index contributed by atoms with van der Waals surface area (Å²) in [4.78, 5) is 14.3. The first-order chi connectivity index (χ1) is 11.1. The van der Waals surface area contributed by atoms with Crippen LogP contribution in [0, 0.1) is 6.92 Å². The molecule has 1 aromatic heterocycles. The van der Waals surface area contributed by atoms with Gasteiger partial charge < -0.3 is 9.84 Å². The second-order valence-corrected chi connectivity index (χ2v) is 6.00. The van der Waals surface area contributed by atoms with Gasteiger partial charge in [-0.25, -0.2) is 4.79 Å². The zero-order valence-corrected chi connectivity index (χ0v) is 13.5. The van der Waals surface area contributed by atoms with Crippen molar-refractivity contribution in [2.45, 2.75) is 32.9 Å². The highest BCUT2D eigenvalue weighted by Gasteiger charge is 2.20. The first-order valence-electron chi connectivity index (χ1n) is 7.91. The van der Waals surface area contributed by atoms with E-state index in [0.717, 1.165) is 19.5 Å². The largest absolute Gasteiger partial charge is 0.360 e. The molecule has 0 fully saturated rings. The van der Waals surface area contributed by atoms with Gasteiger partial charge in [-0.2, -0.15) is 0 Å². The fourth-order valence-corrected chi connectivity index (χ4v) is 2.85. The number of amides is 2. The topological polar surface area (TPSA) is 70.4 Å². The maximum Gasteiger partial charge on any atom is 0.320 e. The predicted octanol–water partition coefficient (Wildman–Crippen LogP) is 2.55. The molecule has 2 aromatic rings. The number of carbonyl (C=O) groups is 1. The highest BCUT2D eigenvalue weighted by molar-refractivity contribution is 5.88. The third kappa shape index (κ3) is 3.90. The maximum absolute atomic E-state index is 11.9. The molecule has 2 amide bonds. The highest BCUT2D eigenvalue weighted by Crippen LogP contribution is 2.19. The lowest BCUT2D eigenvalue weighted by Gasteiger charge is -2.33. The van der Waals surface area contributed by atoms with E-state index in [2.05, 4.69) is 51.9 Å². The van der Waals surface area contributed by atoms with Gasteiger partial charge in [0.05, 0.1) is 0 Å². The van der Waals surface area contributed by atoms with Crippen LogP contribution >= 0.6 is 0 Å². The first kappa shape index (κ1) is 15.6. The second kappa shape index (κ2) is 6.83. The van der Waals surface area contributed by atoms with Gasteiger partial charge in [0, 0.05) is 31.7 Å². The third-order valence-electron chi connectivity index (χ3n) is 4.21. The number of anilines is 1. The molecule has 1 aliphatic rings. The monoisotopic (exact) mass is 314 g/mol. The number of hydrogen-bond acceptors (Lipinski definition) is 4. The Morgan fingerprint density at radius 1 is 1.39 bits per heavy atom. The van der Waals surface area contributed by atoms with Crippen molar-refractivity contribution in [1.82, 2.24) is 15.4 Å². The van der Waals surface area contributed by atoms with E-state index in [1.807, 2.05) is 0 Å². The van der Waals surface area contributed by atoms with Crippen LogP contribution in [0.5, 0.6) is 0 Å². The molecular formula is C17H22N4O2. The number of aromatic nitrogens is 1. The molecule has 23 heavy (non-hydrogen) atoms. The lowest BCUT2D eigenvalue weighted by molar-refractivity contribution is 0.186. The summed E-state index contributed by atoms with van der Waals surface area (Å²) in [6, 6.07) is 10.2. The Hall–Kier alpha value is -2.34. The summed E-state index contributed by atoms with van der Waals surface area (Å²) in [6.45, 7) is 6.46. The van der Waals surface area contributed by atoms with Crippen LogP contribution in [0.15, 0.2) is 34.9 Å². The third-order valence-corrected chi connectivity index (χ3v) is 4.21. The van der Waals surface area contributed by atoms with Crippen molar-refractivity contribution >= 4 is 11.8 Å². The Balaban J connectivity index is 1.48. The van der Waals surface area contributed by atoms with Crippen molar-refractivity contribution in [3.05, 3.63) is 47.2 Å². The average molecular weight is 314 g/mol. The molecule has 6 nitrogen and oxygen atoms in total. The smallest absolute Gasteiger partial charge is 0.320 e. The summed E-state index contributed by atoms with van der Waals surface area (Å²) in [5.41, 5.74) is 2.82. The summed E-state index contributed by atoms with van der Waals surface area (Å²) in [6.07, 6.45) is 1.06. The van der Waals surface area contributed by atoms with E-state index < -0.39 is 0 Å². The fourth-order valence-electron chi connectivity index (χ4n) is 2.85. The van der Waals surface area contributed by atoms with Crippen molar-refractivity contribution in [3.8, 4) is 0 Å². The van der Waals surface area contributed by atoms with Gasteiger partial charge in [-0.05, 0) is 31.4 Å². The molecule has 6 heteroatoms. The minimum Gasteiger partial charge on any atom is -0.360 e. The second-order valence-electron chi connectivity index (χ2n) is 6.00. The van der Waals surface area contributed by atoms with Crippen molar-refractivity contribution in [2.75, 3.05) is 18.4 Å². The van der Waals surface area contributed by atoms with Gasteiger partial charge in [0.15, 0.2) is 5.82 Å². The average Bonchev–Trinajstić information content (AvgIpc) is 2.97. The molecule has 1 unspecified atom stereocenters. The molecule has 0 aliphatic carbocycles. The fraction of sp³-hybridized carbons (Fsp3) is 0.412. The van der Waals surface area contributed by atoms with Crippen LogP contribution in [-0.4, -0.2) is 35.2 Å². The highest BCUT2D eigenvalue weighted by atomic mass is 16.5. The zero-order valence-electron chi connectivity index (χ0n) is 13.5. The molecule has 2 N–H and O–H groups in total. The normalized spacial score (nSPS) is 15.7. The van der Waals surface area contributed by atoms with Gasteiger partial charge in [-0.1, -0.05) is 29.4 Å². The maximum atomic E-state index is 11.9. The molecule has 0 spiro atoms. The van der Waals surface area contributed by atoms with Gasteiger partial charge in [-0.15, -0.1) is 0 Å². The Labute approximate surface area is 135 Å². The van der Waals surface area contributed by atoms with E-state index in [9.17, 15) is 4.79 Å². The van der Waals surface area contributed by atoms with E-state index in [4.69, 9.17) is 4.52 Å². The number of aryl methyl sites for hydroxylation is 1. The summed E-state index contributed by atoms with van der Waals surface area (Å²) in [7, 11) is 0. The zero-order chi connectivity index (χ0) is 16.2. The lowest BCUT2D eigenvalue weighted by atomic mass is 9.99. The number of nitrogens with zero attached hydrogens (tertiary/aromatic N) is 2. The molecule has 0 radical (unpaired) electrons. The van der Waals surface area contributed by atoms with Gasteiger partial charge in [0.1, 0.15) is 5.76 Å². The number of hydrogen-bond donors (Lipinski definition) is 2. The number of nitrogens with one attached hydrogen (secondary N) is 2. The van der Waals surface area contributed by atoms with Crippen molar-refractivity contribution < 1.29 is 9.32 Å². The van der Waals surface area contributed by atoms with Crippen LogP contribution in [0.25, 0.3) is 0 Å². The number of fused-ring (bicyclic) bond motifs is 1. The van der Waals surface area contributed by atoms with Gasteiger partial charge >= 0.3 is 6.03 Å². The summed E-state index contributed by atoms with van der Waals surface area (Å²) in [5.74, 6) is 1.10. The molecule has 1 aliphatic heterocycles. The van der Waals surface area contributed by atoms with E-state index in [1.165, 1.54) is 11.1 Å². The van der Waals surface area contributed by atoms with E-state index >= 15 is 0 Å². The molecule has 0 saturated heterocycles. The number of benzene rings is 1. The molecule has 3 rings (SSSR count). The van der Waals surface area contributed by atoms with Crippen molar-refractivity contribution in [1.29, 1.82) is 0 Å².